The van der Waals surface area contributed by atoms with E-state index in [2.05, 4.69) is 19.9 Å². The number of likely N-dealkylation sites (tertiary alicyclic amines) is 1. The number of hydrogen-bond acceptors (Lipinski definition) is 4. The summed E-state index contributed by atoms with van der Waals surface area (Å²) in [4.78, 5) is 30.6. The minimum absolute atomic E-state index is 0.120. The van der Waals surface area contributed by atoms with E-state index in [1.807, 2.05) is 30.3 Å². The summed E-state index contributed by atoms with van der Waals surface area (Å²) in [6, 6.07) is 14.1. The van der Waals surface area contributed by atoms with E-state index >= 15 is 0 Å². The number of hydrogen-bond donors (Lipinski definition) is 1. The van der Waals surface area contributed by atoms with Crippen LogP contribution in [0.3, 0.4) is 0 Å². The maximum Gasteiger partial charge on any atom is 0.289 e. The zero-order chi connectivity index (χ0) is 19.1. The SMILES string of the molecule is O=C(c1nc2ccc(F)cc2[nH]1)N1CC(c2nccnc2-c2ccccc2)C1. The van der Waals surface area contributed by atoms with Crippen LogP contribution in [0.1, 0.15) is 22.2 Å². The van der Waals surface area contributed by atoms with Crippen LogP contribution in [0.2, 0.25) is 0 Å². The van der Waals surface area contributed by atoms with Crippen LogP contribution in [0.4, 0.5) is 4.39 Å². The largest absolute Gasteiger partial charge is 0.335 e. The standard InChI is InChI=1S/C21H16FN5O/c22-15-6-7-16-17(10-15)26-20(25-16)21(28)27-11-14(12-27)19-18(23-8-9-24-19)13-4-2-1-3-5-13/h1-10,14H,11-12H2,(H,25,26). The number of H-pyrrole nitrogens is 1. The molecule has 1 aliphatic rings. The first-order valence-electron chi connectivity index (χ1n) is 9.00. The van der Waals surface area contributed by atoms with Gasteiger partial charge in [0.15, 0.2) is 5.82 Å². The summed E-state index contributed by atoms with van der Waals surface area (Å²) in [5, 5.41) is 0. The minimum Gasteiger partial charge on any atom is -0.335 e. The number of fused-ring (bicyclic) bond motifs is 1. The van der Waals surface area contributed by atoms with E-state index in [0.29, 0.717) is 24.1 Å². The summed E-state index contributed by atoms with van der Waals surface area (Å²) in [5.74, 6) is -0.218. The highest BCUT2D eigenvalue weighted by Crippen LogP contribution is 2.32. The lowest BCUT2D eigenvalue weighted by atomic mass is 9.92. The molecule has 2 aromatic carbocycles. The Labute approximate surface area is 160 Å². The number of nitrogens with one attached hydrogen (secondary N) is 1. The van der Waals surface area contributed by atoms with E-state index in [9.17, 15) is 9.18 Å². The summed E-state index contributed by atoms with van der Waals surface area (Å²) < 4.78 is 13.3. The van der Waals surface area contributed by atoms with Crippen LogP contribution < -0.4 is 0 Å². The Morgan fingerprint density at radius 1 is 1.07 bits per heavy atom. The number of benzene rings is 2. The lowest BCUT2D eigenvalue weighted by molar-refractivity contribution is 0.0587. The van der Waals surface area contributed by atoms with Crippen molar-refractivity contribution in [3.05, 3.63) is 78.3 Å². The molecule has 6 nitrogen and oxygen atoms in total. The van der Waals surface area contributed by atoms with Crippen molar-refractivity contribution in [1.29, 1.82) is 0 Å². The maximum absolute atomic E-state index is 13.3. The lowest BCUT2D eigenvalue weighted by Gasteiger charge is -2.38. The second-order valence-electron chi connectivity index (χ2n) is 6.81. The first-order valence-corrected chi connectivity index (χ1v) is 9.00. The van der Waals surface area contributed by atoms with Gasteiger partial charge in [-0.25, -0.2) is 9.37 Å². The molecule has 4 aromatic rings. The van der Waals surface area contributed by atoms with Crippen molar-refractivity contribution in [3.63, 3.8) is 0 Å². The molecule has 0 spiro atoms. The monoisotopic (exact) mass is 373 g/mol. The second kappa shape index (κ2) is 6.53. The van der Waals surface area contributed by atoms with Crippen molar-refractivity contribution < 1.29 is 9.18 Å². The number of halogens is 1. The molecular weight excluding hydrogens is 357 g/mol. The van der Waals surface area contributed by atoms with Crippen LogP contribution in [-0.2, 0) is 0 Å². The molecule has 2 aromatic heterocycles. The van der Waals surface area contributed by atoms with Crippen LogP contribution in [0, 0.1) is 5.82 Å². The van der Waals surface area contributed by atoms with Gasteiger partial charge in [-0.15, -0.1) is 0 Å². The summed E-state index contributed by atoms with van der Waals surface area (Å²) >= 11 is 0. The third-order valence-corrected chi connectivity index (χ3v) is 4.98. The second-order valence-corrected chi connectivity index (χ2v) is 6.81. The summed E-state index contributed by atoms with van der Waals surface area (Å²) in [5.41, 5.74) is 3.83. The van der Waals surface area contributed by atoms with Crippen LogP contribution in [-0.4, -0.2) is 43.8 Å². The molecule has 0 atom stereocenters. The van der Waals surface area contributed by atoms with E-state index in [-0.39, 0.29) is 23.5 Å². The topological polar surface area (TPSA) is 74.8 Å². The number of rotatable bonds is 3. The quantitative estimate of drug-likeness (QED) is 0.597. The molecule has 1 amide bonds. The molecule has 1 N–H and O–H groups in total. The van der Waals surface area contributed by atoms with Crippen molar-refractivity contribution >= 4 is 16.9 Å². The molecule has 1 fully saturated rings. The van der Waals surface area contributed by atoms with E-state index in [0.717, 1.165) is 17.0 Å². The number of aromatic amines is 1. The van der Waals surface area contributed by atoms with Gasteiger partial charge in [-0.2, -0.15) is 0 Å². The average Bonchev–Trinajstić information content (AvgIpc) is 3.11. The Kier molecular flexibility index (Phi) is 3.86. The van der Waals surface area contributed by atoms with Crippen molar-refractivity contribution in [1.82, 2.24) is 24.8 Å². The third kappa shape index (κ3) is 2.81. The van der Waals surface area contributed by atoms with Gasteiger partial charge in [0.2, 0.25) is 0 Å². The van der Waals surface area contributed by atoms with E-state index in [1.54, 1.807) is 23.4 Å². The lowest BCUT2D eigenvalue weighted by Crippen LogP contribution is -2.49. The van der Waals surface area contributed by atoms with Crippen LogP contribution >= 0.6 is 0 Å². The molecular formula is C21H16FN5O. The predicted molar refractivity (Wildman–Crippen MR) is 102 cm³/mol. The summed E-state index contributed by atoms with van der Waals surface area (Å²) in [7, 11) is 0. The van der Waals surface area contributed by atoms with Crippen molar-refractivity contribution in [2.75, 3.05) is 13.1 Å². The Bertz CT molecular complexity index is 1170. The molecule has 1 saturated heterocycles. The number of carbonyl (C=O) groups excluding carboxylic acids is 1. The van der Waals surface area contributed by atoms with Gasteiger partial charge >= 0.3 is 0 Å². The van der Waals surface area contributed by atoms with Crippen LogP contribution in [0.25, 0.3) is 22.3 Å². The van der Waals surface area contributed by atoms with Gasteiger partial charge in [0.1, 0.15) is 5.82 Å². The van der Waals surface area contributed by atoms with Gasteiger partial charge < -0.3 is 9.88 Å². The molecule has 1 aliphatic heterocycles. The highest BCUT2D eigenvalue weighted by Gasteiger charge is 2.36. The molecule has 5 rings (SSSR count). The molecule has 0 radical (unpaired) electrons. The van der Waals surface area contributed by atoms with E-state index in [4.69, 9.17) is 0 Å². The van der Waals surface area contributed by atoms with Gasteiger partial charge in [0.05, 0.1) is 22.4 Å². The minimum atomic E-state index is -0.366. The van der Waals surface area contributed by atoms with Gasteiger partial charge in [0, 0.05) is 37.0 Å². The fourth-order valence-electron chi connectivity index (χ4n) is 3.52. The highest BCUT2D eigenvalue weighted by molar-refractivity contribution is 5.94. The Hall–Kier alpha value is -3.61. The number of carbonyl (C=O) groups is 1. The molecule has 0 saturated carbocycles. The summed E-state index contributed by atoms with van der Waals surface area (Å²) in [6.45, 7) is 1.09. The zero-order valence-corrected chi connectivity index (χ0v) is 14.8. The molecule has 0 aliphatic carbocycles. The number of imidazole rings is 1. The normalized spacial score (nSPS) is 14.2. The zero-order valence-electron chi connectivity index (χ0n) is 14.8. The van der Waals surface area contributed by atoms with Gasteiger partial charge in [0.25, 0.3) is 5.91 Å². The van der Waals surface area contributed by atoms with Crippen molar-refractivity contribution in [2.24, 2.45) is 0 Å². The van der Waals surface area contributed by atoms with Crippen LogP contribution in [0.15, 0.2) is 60.9 Å². The molecule has 0 bridgehead atoms. The number of aromatic nitrogens is 4. The average molecular weight is 373 g/mol. The van der Waals surface area contributed by atoms with Gasteiger partial charge in [-0.05, 0) is 18.2 Å². The molecule has 28 heavy (non-hydrogen) atoms. The molecule has 138 valence electrons. The smallest absolute Gasteiger partial charge is 0.289 e. The van der Waals surface area contributed by atoms with E-state index in [1.165, 1.54) is 12.1 Å². The van der Waals surface area contributed by atoms with Gasteiger partial charge in [-0.1, -0.05) is 30.3 Å². The van der Waals surface area contributed by atoms with Gasteiger partial charge in [-0.3, -0.25) is 14.8 Å². The fraction of sp³-hybridized carbons (Fsp3) is 0.143. The summed E-state index contributed by atoms with van der Waals surface area (Å²) in [6.07, 6.45) is 3.36. The molecule has 7 heteroatoms. The van der Waals surface area contributed by atoms with Crippen molar-refractivity contribution in [3.8, 4) is 11.3 Å². The maximum atomic E-state index is 13.3. The highest BCUT2D eigenvalue weighted by atomic mass is 19.1. The Balaban J connectivity index is 1.36. The first kappa shape index (κ1) is 16.6. The molecule has 3 heterocycles. The number of nitrogens with zero attached hydrogens (tertiary/aromatic N) is 4. The Morgan fingerprint density at radius 3 is 2.68 bits per heavy atom. The van der Waals surface area contributed by atoms with Crippen LogP contribution in [0.5, 0.6) is 0 Å². The van der Waals surface area contributed by atoms with Crippen molar-refractivity contribution in [2.45, 2.75) is 5.92 Å². The Morgan fingerprint density at radius 2 is 1.86 bits per heavy atom. The number of amides is 1. The van der Waals surface area contributed by atoms with E-state index < -0.39 is 0 Å². The predicted octanol–water partition coefficient (Wildman–Crippen LogP) is 3.40. The first-order chi connectivity index (χ1) is 13.7. The fourth-order valence-corrected chi connectivity index (χ4v) is 3.52. The molecule has 0 unspecified atom stereocenters. The third-order valence-electron chi connectivity index (χ3n) is 4.98.